The molecule has 2 atom stereocenters. The molecule has 8 heteroatoms. The van der Waals surface area contributed by atoms with Crippen molar-refractivity contribution in [2.24, 2.45) is 11.8 Å². The molecule has 0 saturated carbocycles. The van der Waals surface area contributed by atoms with E-state index in [0.717, 1.165) is 0 Å². The maximum Gasteiger partial charge on any atom is 0.331 e. The van der Waals surface area contributed by atoms with Crippen LogP contribution < -0.4 is 10.6 Å². The molecule has 0 radical (unpaired) electrons. The van der Waals surface area contributed by atoms with Crippen molar-refractivity contribution in [2.45, 2.75) is 66.0 Å². The number of likely N-dealkylation sites (N-methyl/N-ethyl adjacent to an activating group) is 1. The molecular weight excluding hydrogens is 340 g/mol. The normalized spacial score (nSPS) is 13.2. The van der Waals surface area contributed by atoms with Crippen molar-refractivity contribution >= 4 is 23.6 Å². The van der Waals surface area contributed by atoms with E-state index in [-0.39, 0.29) is 18.1 Å². The first-order valence-electron chi connectivity index (χ1n) is 8.86. The van der Waals surface area contributed by atoms with Crippen LogP contribution in [0.4, 0.5) is 0 Å². The molecule has 8 nitrogen and oxygen atoms in total. The first kappa shape index (κ1) is 24.0. The number of carbonyl (C=O) groups is 4. The van der Waals surface area contributed by atoms with Gasteiger partial charge in [-0.05, 0) is 38.6 Å². The van der Waals surface area contributed by atoms with E-state index in [1.807, 2.05) is 27.7 Å². The van der Waals surface area contributed by atoms with Crippen LogP contribution in [-0.4, -0.2) is 49.6 Å². The molecule has 0 saturated heterocycles. The lowest BCUT2D eigenvalue weighted by atomic mass is 10.0. The molecule has 0 aliphatic rings. The second-order valence-corrected chi connectivity index (χ2v) is 7.14. The van der Waals surface area contributed by atoms with Crippen LogP contribution in [0.3, 0.4) is 0 Å². The number of ether oxygens (including phenoxy) is 2. The van der Waals surface area contributed by atoms with Crippen molar-refractivity contribution in [2.75, 3.05) is 13.8 Å². The summed E-state index contributed by atoms with van der Waals surface area (Å²) in [6.07, 6.45) is 0.652. The lowest BCUT2D eigenvalue weighted by Crippen LogP contribution is -2.43. The maximum atomic E-state index is 12.2. The molecule has 1 amide bonds. The Labute approximate surface area is 155 Å². The predicted molar refractivity (Wildman–Crippen MR) is 96.0 cm³/mol. The smallest absolute Gasteiger partial charge is 0.331 e. The van der Waals surface area contributed by atoms with Gasteiger partial charge in [0.15, 0.2) is 0 Å². The van der Waals surface area contributed by atoms with Gasteiger partial charge in [-0.15, -0.1) is 0 Å². The Balaban J connectivity index is 4.57. The molecule has 2 unspecified atom stereocenters. The number of nitrogens with one attached hydrogen (secondary N) is 2. The summed E-state index contributed by atoms with van der Waals surface area (Å²) in [6.45, 7) is 8.52. The van der Waals surface area contributed by atoms with Crippen LogP contribution in [0.5, 0.6) is 0 Å². The summed E-state index contributed by atoms with van der Waals surface area (Å²) in [7, 11) is 1.66. The predicted octanol–water partition coefficient (Wildman–Crippen LogP) is 1.17. The standard InChI is InChI=1S/C18H32N2O6/c1-11(2)7-14(19-6)17(23)25-10-26-18(24)15(8-12(3)4)20-16(22)9-13(5)21/h11-12,14-15,19H,7-10H2,1-6H3,(H,20,22). The van der Waals surface area contributed by atoms with Crippen LogP contribution in [0.1, 0.15) is 53.9 Å². The SMILES string of the molecule is CNC(CC(C)C)C(=O)OCOC(=O)C(CC(C)C)NC(=O)CC(C)=O. The summed E-state index contributed by atoms with van der Waals surface area (Å²) in [5, 5.41) is 5.35. The highest BCUT2D eigenvalue weighted by atomic mass is 16.7. The third kappa shape index (κ3) is 10.8. The van der Waals surface area contributed by atoms with Crippen LogP contribution in [-0.2, 0) is 28.7 Å². The Morgan fingerprint density at radius 2 is 1.31 bits per heavy atom. The molecule has 0 aliphatic heterocycles. The van der Waals surface area contributed by atoms with Gasteiger partial charge in [0.1, 0.15) is 17.9 Å². The first-order chi connectivity index (χ1) is 12.1. The third-order valence-corrected chi connectivity index (χ3v) is 3.48. The fourth-order valence-electron chi connectivity index (χ4n) is 2.31. The van der Waals surface area contributed by atoms with Crippen LogP contribution >= 0.6 is 0 Å². The fourth-order valence-corrected chi connectivity index (χ4v) is 2.31. The van der Waals surface area contributed by atoms with Crippen LogP contribution in [0, 0.1) is 11.8 Å². The van der Waals surface area contributed by atoms with E-state index in [0.29, 0.717) is 18.8 Å². The van der Waals surface area contributed by atoms with Crippen LogP contribution in [0.25, 0.3) is 0 Å². The Morgan fingerprint density at radius 3 is 1.73 bits per heavy atom. The second-order valence-electron chi connectivity index (χ2n) is 7.14. The van der Waals surface area contributed by atoms with Crippen LogP contribution in [0.2, 0.25) is 0 Å². The second kappa shape index (κ2) is 12.4. The minimum absolute atomic E-state index is 0.118. The highest BCUT2D eigenvalue weighted by Gasteiger charge is 2.25. The molecule has 0 aromatic heterocycles. The largest absolute Gasteiger partial charge is 0.427 e. The highest BCUT2D eigenvalue weighted by molar-refractivity contribution is 5.98. The van der Waals surface area contributed by atoms with Crippen molar-refractivity contribution in [1.29, 1.82) is 0 Å². The van der Waals surface area contributed by atoms with Gasteiger partial charge in [-0.2, -0.15) is 0 Å². The molecule has 0 bridgehead atoms. The van der Waals surface area contributed by atoms with E-state index in [9.17, 15) is 19.2 Å². The Kier molecular flexibility index (Phi) is 11.5. The topological polar surface area (TPSA) is 111 Å². The zero-order chi connectivity index (χ0) is 20.3. The monoisotopic (exact) mass is 372 g/mol. The highest BCUT2D eigenvalue weighted by Crippen LogP contribution is 2.08. The average Bonchev–Trinajstić information content (AvgIpc) is 2.50. The van der Waals surface area contributed by atoms with Crippen molar-refractivity contribution in [3.8, 4) is 0 Å². The zero-order valence-corrected chi connectivity index (χ0v) is 16.6. The van der Waals surface area contributed by atoms with Gasteiger partial charge in [-0.3, -0.25) is 14.4 Å². The summed E-state index contributed by atoms with van der Waals surface area (Å²) in [4.78, 5) is 46.9. The van der Waals surface area contributed by atoms with Gasteiger partial charge < -0.3 is 20.1 Å². The van der Waals surface area contributed by atoms with Gasteiger partial charge in [0.25, 0.3) is 0 Å². The van der Waals surface area contributed by atoms with Gasteiger partial charge in [0, 0.05) is 0 Å². The Bertz CT molecular complexity index is 490. The summed E-state index contributed by atoms with van der Waals surface area (Å²) < 4.78 is 9.95. The summed E-state index contributed by atoms with van der Waals surface area (Å²) >= 11 is 0. The summed E-state index contributed by atoms with van der Waals surface area (Å²) in [6, 6.07) is -1.37. The number of ketones is 1. The number of amides is 1. The van der Waals surface area contributed by atoms with Crippen molar-refractivity contribution in [3.05, 3.63) is 0 Å². The number of hydrogen-bond acceptors (Lipinski definition) is 7. The molecular formula is C18H32N2O6. The fraction of sp³-hybridized carbons (Fsp3) is 0.778. The minimum Gasteiger partial charge on any atom is -0.427 e. The van der Waals surface area contributed by atoms with Crippen molar-refractivity contribution in [3.63, 3.8) is 0 Å². The van der Waals surface area contributed by atoms with E-state index in [1.165, 1.54) is 6.92 Å². The van der Waals surface area contributed by atoms with Crippen molar-refractivity contribution < 1.29 is 28.7 Å². The van der Waals surface area contributed by atoms with Gasteiger partial charge in [-0.25, -0.2) is 4.79 Å². The van der Waals surface area contributed by atoms with Gasteiger partial charge in [-0.1, -0.05) is 27.7 Å². The van der Waals surface area contributed by atoms with Gasteiger partial charge in [0.2, 0.25) is 12.7 Å². The molecule has 26 heavy (non-hydrogen) atoms. The lowest BCUT2D eigenvalue weighted by molar-refractivity contribution is -0.171. The molecule has 0 aromatic rings. The van der Waals surface area contributed by atoms with Crippen molar-refractivity contribution in [1.82, 2.24) is 10.6 Å². The Morgan fingerprint density at radius 1 is 0.846 bits per heavy atom. The average molecular weight is 372 g/mol. The van der Waals surface area contributed by atoms with Crippen LogP contribution in [0.15, 0.2) is 0 Å². The molecule has 0 rings (SSSR count). The maximum absolute atomic E-state index is 12.2. The molecule has 0 spiro atoms. The number of rotatable bonds is 12. The molecule has 150 valence electrons. The molecule has 0 heterocycles. The number of esters is 2. The van der Waals surface area contributed by atoms with E-state index >= 15 is 0 Å². The molecule has 0 aliphatic carbocycles. The minimum atomic E-state index is -0.892. The lowest BCUT2D eigenvalue weighted by Gasteiger charge is -2.20. The number of Topliss-reactive ketones (excluding diaryl/α,β-unsaturated/α-hetero) is 1. The quantitative estimate of drug-likeness (QED) is 0.300. The third-order valence-electron chi connectivity index (χ3n) is 3.48. The Hall–Kier alpha value is -1.96. The van der Waals surface area contributed by atoms with E-state index in [2.05, 4.69) is 10.6 Å². The van der Waals surface area contributed by atoms with Gasteiger partial charge in [0.05, 0.1) is 6.42 Å². The summed E-state index contributed by atoms with van der Waals surface area (Å²) in [5.41, 5.74) is 0. The molecule has 2 N–H and O–H groups in total. The van der Waals surface area contributed by atoms with Gasteiger partial charge >= 0.3 is 11.9 Å². The molecule has 0 aromatic carbocycles. The number of hydrogen-bond donors (Lipinski definition) is 2. The summed E-state index contributed by atoms with van der Waals surface area (Å²) in [5.74, 6) is -1.62. The van der Waals surface area contributed by atoms with E-state index in [4.69, 9.17) is 9.47 Å². The number of carbonyl (C=O) groups excluding carboxylic acids is 4. The molecule has 0 fully saturated rings. The zero-order valence-electron chi connectivity index (χ0n) is 16.6. The van der Waals surface area contributed by atoms with E-state index in [1.54, 1.807) is 7.05 Å². The van der Waals surface area contributed by atoms with E-state index < -0.39 is 36.7 Å². The first-order valence-corrected chi connectivity index (χ1v) is 8.86.